The molecule has 8 rings (SSSR count). The molecule has 244 valence electrons. The molecule has 0 aliphatic carbocycles. The second kappa shape index (κ2) is 13.6. The fraction of sp³-hybridized carbons (Fsp3) is 0.0217. The van der Waals surface area contributed by atoms with Crippen LogP contribution in [0.3, 0.4) is 0 Å². The molecule has 0 amide bonds. The summed E-state index contributed by atoms with van der Waals surface area (Å²) in [4.78, 5) is 17.0. The Hall–Kier alpha value is -6.85. The normalized spacial score (nSPS) is 11.0. The third-order valence-electron chi connectivity index (χ3n) is 9.20. The predicted octanol–water partition coefficient (Wildman–Crippen LogP) is 11.2. The Morgan fingerprint density at radius 1 is 0.549 bits per heavy atom. The molecule has 0 unspecified atom stereocenters. The van der Waals surface area contributed by atoms with Crippen molar-refractivity contribution in [3.8, 4) is 51.0 Å². The largest absolute Gasteiger partial charge is 0.343 e. The first-order valence-electron chi connectivity index (χ1n) is 16.9. The second-order valence-electron chi connectivity index (χ2n) is 12.3. The van der Waals surface area contributed by atoms with E-state index in [2.05, 4.69) is 127 Å². The SMILES string of the molecule is C=Cc1c(C(=C)N(C)c2cccc(-c3ccccc3)c2)n(-c2cccc(-c3nc(-c4ccccc4)nc(-c4ccccc4)n3)c2)c2ccccc12. The van der Waals surface area contributed by atoms with Gasteiger partial charge in [-0.3, -0.25) is 0 Å². The van der Waals surface area contributed by atoms with Crippen LogP contribution < -0.4 is 4.90 Å². The van der Waals surface area contributed by atoms with Gasteiger partial charge in [0.15, 0.2) is 17.5 Å². The summed E-state index contributed by atoms with van der Waals surface area (Å²) in [6.07, 6.45) is 1.93. The highest BCUT2D eigenvalue weighted by molar-refractivity contribution is 5.98. The summed E-state index contributed by atoms with van der Waals surface area (Å²) < 4.78 is 2.27. The smallest absolute Gasteiger partial charge is 0.164 e. The van der Waals surface area contributed by atoms with Crippen LogP contribution in [0.15, 0.2) is 177 Å². The van der Waals surface area contributed by atoms with E-state index in [1.54, 1.807) is 0 Å². The van der Waals surface area contributed by atoms with Gasteiger partial charge in [-0.05, 0) is 41.5 Å². The van der Waals surface area contributed by atoms with Crippen LogP contribution in [0, 0.1) is 0 Å². The van der Waals surface area contributed by atoms with Gasteiger partial charge in [0.05, 0.1) is 16.9 Å². The first-order valence-corrected chi connectivity index (χ1v) is 16.9. The molecule has 0 N–H and O–H groups in total. The number of benzene rings is 6. The third kappa shape index (κ3) is 6.02. The molecule has 0 fully saturated rings. The molecule has 2 aromatic heterocycles. The van der Waals surface area contributed by atoms with Crippen LogP contribution in [0.25, 0.3) is 73.7 Å². The number of anilines is 1. The van der Waals surface area contributed by atoms with Crippen molar-refractivity contribution in [3.05, 3.63) is 188 Å². The molecule has 0 spiro atoms. The van der Waals surface area contributed by atoms with E-state index in [4.69, 9.17) is 15.0 Å². The fourth-order valence-electron chi connectivity index (χ4n) is 6.59. The highest BCUT2D eigenvalue weighted by atomic mass is 15.1. The van der Waals surface area contributed by atoms with Crippen LogP contribution in [-0.4, -0.2) is 26.6 Å². The van der Waals surface area contributed by atoms with Crippen molar-refractivity contribution in [2.24, 2.45) is 0 Å². The van der Waals surface area contributed by atoms with E-state index < -0.39 is 0 Å². The summed E-state index contributed by atoms with van der Waals surface area (Å²) in [7, 11) is 2.07. The number of rotatable bonds is 9. The zero-order chi connectivity index (χ0) is 34.7. The zero-order valence-electron chi connectivity index (χ0n) is 28.3. The maximum absolute atomic E-state index is 5.00. The number of nitrogens with zero attached hydrogens (tertiary/aromatic N) is 5. The summed E-state index contributed by atoms with van der Waals surface area (Å²) in [5.74, 6) is 1.84. The van der Waals surface area contributed by atoms with E-state index in [1.165, 1.54) is 5.56 Å². The molecule has 51 heavy (non-hydrogen) atoms. The van der Waals surface area contributed by atoms with Crippen LogP contribution in [0.4, 0.5) is 5.69 Å². The molecule has 0 saturated carbocycles. The summed E-state index contributed by atoms with van der Waals surface area (Å²) in [5, 5.41) is 1.10. The number of para-hydroxylation sites is 1. The van der Waals surface area contributed by atoms with E-state index in [-0.39, 0.29) is 0 Å². The van der Waals surface area contributed by atoms with E-state index in [0.717, 1.165) is 61.5 Å². The van der Waals surface area contributed by atoms with Crippen LogP contribution >= 0.6 is 0 Å². The molecule has 6 aromatic carbocycles. The standard InChI is InChI=1S/C46H35N5/c1-4-40-41-28-14-15-29-42(41)51(43(40)32(2)50(3)38-26-16-24-36(30-38)33-18-8-5-9-19-33)39-27-17-25-37(31-39)46-48-44(34-20-10-6-11-21-34)47-45(49-46)35-22-12-7-13-23-35/h4-31H,1-2H2,3H3. The Morgan fingerprint density at radius 2 is 1.06 bits per heavy atom. The minimum absolute atomic E-state index is 0.597. The van der Waals surface area contributed by atoms with Gasteiger partial charge in [0.2, 0.25) is 0 Å². The molecular formula is C46H35N5. The van der Waals surface area contributed by atoms with Gasteiger partial charge in [-0.25, -0.2) is 15.0 Å². The summed E-state index contributed by atoms with van der Waals surface area (Å²) in [5.41, 5.74) is 10.9. The van der Waals surface area contributed by atoms with Gasteiger partial charge in [0.1, 0.15) is 0 Å². The minimum Gasteiger partial charge on any atom is -0.343 e. The van der Waals surface area contributed by atoms with Gasteiger partial charge < -0.3 is 9.47 Å². The molecule has 2 heterocycles. The van der Waals surface area contributed by atoms with Gasteiger partial charge in [-0.2, -0.15) is 0 Å². The van der Waals surface area contributed by atoms with Crippen LogP contribution in [0.5, 0.6) is 0 Å². The zero-order valence-corrected chi connectivity index (χ0v) is 28.3. The molecule has 0 aliphatic heterocycles. The van der Waals surface area contributed by atoms with E-state index >= 15 is 0 Å². The van der Waals surface area contributed by atoms with Crippen molar-refractivity contribution in [2.45, 2.75) is 0 Å². The maximum Gasteiger partial charge on any atom is 0.164 e. The Morgan fingerprint density at radius 3 is 1.69 bits per heavy atom. The maximum atomic E-state index is 5.00. The van der Waals surface area contributed by atoms with Crippen LogP contribution in [0.1, 0.15) is 11.3 Å². The fourth-order valence-corrected chi connectivity index (χ4v) is 6.59. The average molecular weight is 658 g/mol. The van der Waals surface area contributed by atoms with Gasteiger partial charge in [0.25, 0.3) is 0 Å². The lowest BCUT2D eigenvalue weighted by Crippen LogP contribution is -2.17. The summed E-state index contributed by atoms with van der Waals surface area (Å²) in [6, 6.07) is 55.9. The topological polar surface area (TPSA) is 46.8 Å². The molecule has 0 saturated heterocycles. The van der Waals surface area contributed by atoms with Gasteiger partial charge in [-0.1, -0.05) is 153 Å². The van der Waals surface area contributed by atoms with Crippen molar-refractivity contribution >= 4 is 28.4 Å². The molecule has 5 heteroatoms. The lowest BCUT2D eigenvalue weighted by Gasteiger charge is -2.25. The van der Waals surface area contributed by atoms with Crippen LogP contribution in [-0.2, 0) is 0 Å². The highest BCUT2D eigenvalue weighted by Crippen LogP contribution is 2.38. The summed E-state index contributed by atoms with van der Waals surface area (Å²) in [6.45, 7) is 8.95. The Balaban J connectivity index is 1.27. The molecule has 8 aromatic rings. The molecule has 0 bridgehead atoms. The van der Waals surface area contributed by atoms with Crippen LogP contribution in [0.2, 0.25) is 0 Å². The van der Waals surface area contributed by atoms with Gasteiger partial charge >= 0.3 is 0 Å². The number of hydrogen-bond acceptors (Lipinski definition) is 4. The third-order valence-corrected chi connectivity index (χ3v) is 9.20. The van der Waals surface area contributed by atoms with Crippen molar-refractivity contribution in [1.29, 1.82) is 0 Å². The van der Waals surface area contributed by atoms with Gasteiger partial charge in [-0.15, -0.1) is 0 Å². The first-order chi connectivity index (χ1) is 25.1. The Labute approximate surface area is 298 Å². The van der Waals surface area contributed by atoms with E-state index in [1.807, 2.05) is 72.8 Å². The monoisotopic (exact) mass is 657 g/mol. The highest BCUT2D eigenvalue weighted by Gasteiger charge is 2.22. The lowest BCUT2D eigenvalue weighted by molar-refractivity contribution is 1.06. The average Bonchev–Trinajstić information content (AvgIpc) is 3.55. The van der Waals surface area contributed by atoms with E-state index in [0.29, 0.717) is 17.5 Å². The van der Waals surface area contributed by atoms with Crippen molar-refractivity contribution in [2.75, 3.05) is 11.9 Å². The lowest BCUT2D eigenvalue weighted by atomic mass is 10.0. The number of fused-ring (bicyclic) bond motifs is 1. The number of aromatic nitrogens is 4. The molecular weight excluding hydrogens is 623 g/mol. The first kappa shape index (κ1) is 31.4. The van der Waals surface area contributed by atoms with E-state index in [9.17, 15) is 0 Å². The molecule has 0 radical (unpaired) electrons. The predicted molar refractivity (Wildman–Crippen MR) is 212 cm³/mol. The molecule has 0 atom stereocenters. The Kier molecular flexibility index (Phi) is 8.36. The van der Waals surface area contributed by atoms with Crippen molar-refractivity contribution in [3.63, 3.8) is 0 Å². The second-order valence-corrected chi connectivity index (χ2v) is 12.3. The summed E-state index contributed by atoms with van der Waals surface area (Å²) >= 11 is 0. The minimum atomic E-state index is 0.597. The van der Waals surface area contributed by atoms with Gasteiger partial charge in [0, 0.05) is 46.1 Å². The quantitative estimate of drug-likeness (QED) is 0.155. The van der Waals surface area contributed by atoms with Crippen molar-refractivity contribution in [1.82, 2.24) is 19.5 Å². The van der Waals surface area contributed by atoms with Crippen molar-refractivity contribution < 1.29 is 0 Å². The molecule has 5 nitrogen and oxygen atoms in total. The number of hydrogen-bond donors (Lipinski definition) is 0. The Bertz CT molecular complexity index is 2460. The molecule has 0 aliphatic rings.